The van der Waals surface area contributed by atoms with Crippen LogP contribution in [-0.2, 0) is 13.0 Å². The predicted molar refractivity (Wildman–Crippen MR) is 58.1 cm³/mol. The van der Waals surface area contributed by atoms with Crippen LogP contribution >= 0.6 is 0 Å². The lowest BCUT2D eigenvalue weighted by molar-refractivity contribution is 0.536. The van der Waals surface area contributed by atoms with Gasteiger partial charge in [0, 0.05) is 12.7 Å². The summed E-state index contributed by atoms with van der Waals surface area (Å²) in [4.78, 5) is 0. The first-order chi connectivity index (χ1) is 6.72. The van der Waals surface area contributed by atoms with E-state index < -0.39 is 0 Å². The van der Waals surface area contributed by atoms with E-state index in [-0.39, 0.29) is 0 Å². The summed E-state index contributed by atoms with van der Waals surface area (Å²) in [5.41, 5.74) is 1.13. The van der Waals surface area contributed by atoms with Crippen molar-refractivity contribution in [1.82, 2.24) is 15.0 Å². The Labute approximate surface area is 86.5 Å². The SMILES string of the molecule is CCn1cc(CCCCC(C)C)nn1. The van der Waals surface area contributed by atoms with Crippen LogP contribution in [0.4, 0.5) is 0 Å². The Morgan fingerprint density at radius 3 is 2.71 bits per heavy atom. The van der Waals surface area contributed by atoms with Crippen LogP contribution in [0.3, 0.4) is 0 Å². The number of aryl methyl sites for hydroxylation is 2. The van der Waals surface area contributed by atoms with Crippen LogP contribution in [0.1, 0.15) is 45.7 Å². The molecular weight excluding hydrogens is 174 g/mol. The van der Waals surface area contributed by atoms with E-state index in [1.54, 1.807) is 0 Å². The average Bonchev–Trinajstić information content (AvgIpc) is 2.60. The molecule has 0 saturated carbocycles. The largest absolute Gasteiger partial charge is 0.253 e. The number of unbranched alkanes of at least 4 members (excludes halogenated alkanes) is 1. The zero-order chi connectivity index (χ0) is 10.4. The molecule has 0 unspecified atom stereocenters. The highest BCUT2D eigenvalue weighted by atomic mass is 15.4. The molecule has 1 aromatic rings. The van der Waals surface area contributed by atoms with Crippen molar-refractivity contribution in [3.63, 3.8) is 0 Å². The van der Waals surface area contributed by atoms with Crippen LogP contribution in [0.15, 0.2) is 6.20 Å². The molecule has 0 fully saturated rings. The van der Waals surface area contributed by atoms with Gasteiger partial charge in [-0.05, 0) is 25.7 Å². The molecule has 14 heavy (non-hydrogen) atoms. The highest BCUT2D eigenvalue weighted by Gasteiger charge is 2.00. The molecule has 0 aliphatic heterocycles. The summed E-state index contributed by atoms with van der Waals surface area (Å²) in [6.07, 6.45) is 6.99. The molecule has 1 heterocycles. The van der Waals surface area contributed by atoms with Gasteiger partial charge in [-0.3, -0.25) is 4.68 Å². The monoisotopic (exact) mass is 195 g/mol. The standard InChI is InChI=1S/C11H21N3/c1-4-14-9-11(12-13-14)8-6-5-7-10(2)3/h9-10H,4-8H2,1-3H3. The van der Waals surface area contributed by atoms with E-state index in [2.05, 4.69) is 37.3 Å². The predicted octanol–water partition coefficient (Wildman–Crippen LogP) is 2.67. The van der Waals surface area contributed by atoms with Crippen molar-refractivity contribution in [2.24, 2.45) is 5.92 Å². The van der Waals surface area contributed by atoms with E-state index >= 15 is 0 Å². The van der Waals surface area contributed by atoms with Crippen LogP contribution in [0.2, 0.25) is 0 Å². The first kappa shape index (κ1) is 11.2. The molecule has 1 rings (SSSR count). The van der Waals surface area contributed by atoms with Gasteiger partial charge in [-0.1, -0.05) is 31.9 Å². The Hall–Kier alpha value is -0.860. The van der Waals surface area contributed by atoms with Gasteiger partial charge in [-0.2, -0.15) is 0 Å². The fourth-order valence-corrected chi connectivity index (χ4v) is 1.47. The van der Waals surface area contributed by atoms with Gasteiger partial charge in [0.15, 0.2) is 0 Å². The minimum Gasteiger partial charge on any atom is -0.253 e. The minimum atomic E-state index is 0.821. The molecule has 0 aliphatic carbocycles. The molecule has 0 bridgehead atoms. The van der Waals surface area contributed by atoms with Gasteiger partial charge in [0.05, 0.1) is 5.69 Å². The minimum absolute atomic E-state index is 0.821. The molecule has 0 atom stereocenters. The molecule has 80 valence electrons. The Kier molecular flexibility index (Phi) is 4.63. The molecule has 3 nitrogen and oxygen atoms in total. The maximum atomic E-state index is 4.12. The zero-order valence-electron chi connectivity index (χ0n) is 9.53. The molecule has 3 heteroatoms. The third-order valence-electron chi connectivity index (χ3n) is 2.37. The van der Waals surface area contributed by atoms with Crippen LogP contribution in [0.25, 0.3) is 0 Å². The third kappa shape index (κ3) is 3.90. The maximum Gasteiger partial charge on any atom is 0.0827 e. The molecule has 1 aromatic heterocycles. The van der Waals surface area contributed by atoms with Crippen molar-refractivity contribution in [2.75, 3.05) is 0 Å². The van der Waals surface area contributed by atoms with Gasteiger partial charge in [-0.25, -0.2) is 0 Å². The second kappa shape index (κ2) is 5.78. The van der Waals surface area contributed by atoms with Gasteiger partial charge < -0.3 is 0 Å². The van der Waals surface area contributed by atoms with Crippen LogP contribution < -0.4 is 0 Å². The zero-order valence-corrected chi connectivity index (χ0v) is 9.53. The molecule has 0 N–H and O–H groups in total. The van der Waals surface area contributed by atoms with Gasteiger partial charge in [-0.15, -0.1) is 5.10 Å². The lowest BCUT2D eigenvalue weighted by atomic mass is 10.0. The molecular formula is C11H21N3. The number of aromatic nitrogens is 3. The lowest BCUT2D eigenvalue weighted by Gasteiger charge is -2.02. The van der Waals surface area contributed by atoms with Crippen molar-refractivity contribution in [3.05, 3.63) is 11.9 Å². The van der Waals surface area contributed by atoms with Crippen LogP contribution in [-0.4, -0.2) is 15.0 Å². The van der Waals surface area contributed by atoms with Crippen molar-refractivity contribution in [2.45, 2.75) is 53.0 Å². The summed E-state index contributed by atoms with van der Waals surface area (Å²) in [5, 5.41) is 8.13. The van der Waals surface area contributed by atoms with Gasteiger partial charge >= 0.3 is 0 Å². The highest BCUT2D eigenvalue weighted by Crippen LogP contribution is 2.08. The summed E-state index contributed by atoms with van der Waals surface area (Å²) < 4.78 is 1.89. The van der Waals surface area contributed by atoms with Gasteiger partial charge in [0.1, 0.15) is 0 Å². The fourth-order valence-electron chi connectivity index (χ4n) is 1.47. The molecule has 0 amide bonds. The van der Waals surface area contributed by atoms with E-state index in [0.717, 1.165) is 24.6 Å². The summed E-state index contributed by atoms with van der Waals surface area (Å²) >= 11 is 0. The van der Waals surface area contributed by atoms with Crippen molar-refractivity contribution in [3.8, 4) is 0 Å². The van der Waals surface area contributed by atoms with Crippen LogP contribution in [0.5, 0.6) is 0 Å². The highest BCUT2D eigenvalue weighted by molar-refractivity contribution is 4.91. The van der Waals surface area contributed by atoms with Gasteiger partial charge in [0.25, 0.3) is 0 Å². The molecule has 0 radical (unpaired) electrons. The molecule has 0 aliphatic rings. The summed E-state index contributed by atoms with van der Waals surface area (Å²) in [6, 6.07) is 0. The Morgan fingerprint density at radius 1 is 1.36 bits per heavy atom. The van der Waals surface area contributed by atoms with Crippen molar-refractivity contribution in [1.29, 1.82) is 0 Å². The molecule has 0 aromatic carbocycles. The second-order valence-corrected chi connectivity index (χ2v) is 4.21. The van der Waals surface area contributed by atoms with E-state index in [1.807, 2.05) is 4.68 Å². The summed E-state index contributed by atoms with van der Waals surface area (Å²) in [5.74, 6) is 0.821. The Balaban J connectivity index is 2.18. The van der Waals surface area contributed by atoms with E-state index in [9.17, 15) is 0 Å². The van der Waals surface area contributed by atoms with Crippen LogP contribution in [0, 0.1) is 5.92 Å². The third-order valence-corrected chi connectivity index (χ3v) is 2.37. The fraction of sp³-hybridized carbons (Fsp3) is 0.818. The maximum absolute atomic E-state index is 4.12. The molecule has 0 spiro atoms. The smallest absolute Gasteiger partial charge is 0.0827 e. The number of nitrogens with zero attached hydrogens (tertiary/aromatic N) is 3. The normalized spacial score (nSPS) is 11.1. The first-order valence-electron chi connectivity index (χ1n) is 5.61. The first-order valence-corrected chi connectivity index (χ1v) is 5.61. The second-order valence-electron chi connectivity index (χ2n) is 4.21. The quantitative estimate of drug-likeness (QED) is 0.653. The molecule has 0 saturated heterocycles. The van der Waals surface area contributed by atoms with E-state index in [1.165, 1.54) is 19.3 Å². The average molecular weight is 195 g/mol. The Bertz CT molecular complexity index is 253. The number of hydrogen-bond acceptors (Lipinski definition) is 2. The van der Waals surface area contributed by atoms with E-state index in [0.29, 0.717) is 0 Å². The lowest BCUT2D eigenvalue weighted by Crippen LogP contribution is -1.93. The van der Waals surface area contributed by atoms with Gasteiger partial charge in [0.2, 0.25) is 0 Å². The van der Waals surface area contributed by atoms with Crippen molar-refractivity contribution < 1.29 is 0 Å². The number of rotatable bonds is 6. The summed E-state index contributed by atoms with van der Waals surface area (Å²) in [6.45, 7) is 7.54. The topological polar surface area (TPSA) is 30.7 Å². The summed E-state index contributed by atoms with van der Waals surface area (Å²) in [7, 11) is 0. The Morgan fingerprint density at radius 2 is 2.14 bits per heavy atom. The van der Waals surface area contributed by atoms with E-state index in [4.69, 9.17) is 0 Å². The van der Waals surface area contributed by atoms with Crippen molar-refractivity contribution >= 4 is 0 Å². The number of hydrogen-bond donors (Lipinski definition) is 0.